The average Bonchev–Trinajstić information content (AvgIpc) is 2.99. The summed E-state index contributed by atoms with van der Waals surface area (Å²) in [4.78, 5) is 25.1. The molecule has 132 valence electrons. The number of nitrogens with zero attached hydrogens (tertiary/aromatic N) is 4. The number of aromatic nitrogens is 2. The second-order valence-electron chi connectivity index (χ2n) is 6.41. The van der Waals surface area contributed by atoms with Gasteiger partial charge in [0.1, 0.15) is 12.4 Å². The molecule has 1 atom stereocenters. The number of anilines is 1. The summed E-state index contributed by atoms with van der Waals surface area (Å²) in [5, 5.41) is 0. The molecule has 0 aliphatic carbocycles. The molecule has 0 unspecified atom stereocenters. The first-order valence-corrected chi connectivity index (χ1v) is 8.62. The average molecular weight is 334 g/mol. The maximum Gasteiger partial charge on any atom is 0.219 e. The fourth-order valence-corrected chi connectivity index (χ4v) is 3.30. The van der Waals surface area contributed by atoms with E-state index >= 15 is 0 Å². The summed E-state index contributed by atoms with van der Waals surface area (Å²) in [6.45, 7) is 6.79. The number of amides is 1. The summed E-state index contributed by atoms with van der Waals surface area (Å²) in [7, 11) is 1.66. The van der Waals surface area contributed by atoms with Crippen molar-refractivity contribution in [3.05, 3.63) is 17.6 Å². The van der Waals surface area contributed by atoms with Gasteiger partial charge >= 0.3 is 0 Å². The zero-order valence-corrected chi connectivity index (χ0v) is 14.5. The van der Waals surface area contributed by atoms with Gasteiger partial charge in [-0.15, -0.1) is 0 Å². The Hall–Kier alpha value is -1.73. The largest absolute Gasteiger partial charge is 0.381 e. The van der Waals surface area contributed by atoms with Crippen LogP contribution in [0.5, 0.6) is 0 Å². The first kappa shape index (κ1) is 17.1. The molecule has 0 N–H and O–H groups in total. The lowest BCUT2D eigenvalue weighted by Gasteiger charge is -2.23. The lowest BCUT2D eigenvalue weighted by molar-refractivity contribution is -0.128. The number of rotatable bonds is 4. The lowest BCUT2D eigenvalue weighted by Crippen LogP contribution is -2.34. The molecule has 3 heterocycles. The Morgan fingerprint density at radius 3 is 2.92 bits per heavy atom. The van der Waals surface area contributed by atoms with Crippen LogP contribution in [0.3, 0.4) is 0 Å². The summed E-state index contributed by atoms with van der Waals surface area (Å²) in [5.74, 6) is 2.13. The normalized spacial score (nSPS) is 21.8. The molecule has 2 aliphatic heterocycles. The summed E-state index contributed by atoms with van der Waals surface area (Å²) in [6, 6.07) is 2.09. The molecule has 0 aromatic carbocycles. The van der Waals surface area contributed by atoms with Gasteiger partial charge in [-0.1, -0.05) is 0 Å². The number of hydrogen-bond acceptors (Lipinski definition) is 6. The molecule has 3 rings (SSSR count). The molecule has 7 nitrogen and oxygen atoms in total. The van der Waals surface area contributed by atoms with Gasteiger partial charge in [0, 0.05) is 58.8 Å². The van der Waals surface area contributed by atoms with E-state index in [1.54, 1.807) is 14.0 Å². The van der Waals surface area contributed by atoms with Gasteiger partial charge in [-0.25, -0.2) is 9.97 Å². The van der Waals surface area contributed by atoms with Gasteiger partial charge in [0.25, 0.3) is 0 Å². The molecular weight excluding hydrogens is 308 g/mol. The van der Waals surface area contributed by atoms with E-state index in [4.69, 9.17) is 9.47 Å². The Balaban J connectivity index is 1.81. The van der Waals surface area contributed by atoms with Crippen molar-refractivity contribution < 1.29 is 14.3 Å². The summed E-state index contributed by atoms with van der Waals surface area (Å²) in [6.07, 6.45) is 1.95. The van der Waals surface area contributed by atoms with Crippen LogP contribution in [0.1, 0.15) is 37.2 Å². The zero-order chi connectivity index (χ0) is 16.9. The minimum Gasteiger partial charge on any atom is -0.381 e. The standard InChI is InChI=1S/C17H26N4O3/c1-13(22)20-5-3-6-21(8-7-20)17-10-15(14-4-9-24-11-14)18-16(19-17)12-23-2/h10,14H,3-9,11-12H2,1-2H3/t14-/m0/s1. The van der Waals surface area contributed by atoms with Crippen molar-refractivity contribution in [3.8, 4) is 0 Å². The van der Waals surface area contributed by atoms with Crippen LogP contribution in [0.15, 0.2) is 6.07 Å². The molecule has 24 heavy (non-hydrogen) atoms. The van der Waals surface area contributed by atoms with E-state index in [2.05, 4.69) is 20.9 Å². The van der Waals surface area contributed by atoms with Crippen LogP contribution in [-0.4, -0.2) is 67.3 Å². The number of carbonyl (C=O) groups excluding carboxylic acids is 1. The second-order valence-corrected chi connectivity index (χ2v) is 6.41. The van der Waals surface area contributed by atoms with Gasteiger partial charge in [-0.05, 0) is 12.8 Å². The molecule has 2 saturated heterocycles. The molecule has 0 saturated carbocycles. The Labute approximate surface area is 143 Å². The molecule has 1 aromatic rings. The fourth-order valence-electron chi connectivity index (χ4n) is 3.30. The highest BCUT2D eigenvalue weighted by Crippen LogP contribution is 2.26. The van der Waals surface area contributed by atoms with E-state index in [1.165, 1.54) is 0 Å². The van der Waals surface area contributed by atoms with Gasteiger partial charge in [-0.3, -0.25) is 4.79 Å². The molecule has 0 bridgehead atoms. The molecule has 2 fully saturated rings. The molecular formula is C17H26N4O3. The smallest absolute Gasteiger partial charge is 0.219 e. The second kappa shape index (κ2) is 7.90. The van der Waals surface area contributed by atoms with E-state index in [0.29, 0.717) is 18.3 Å². The Morgan fingerprint density at radius 2 is 2.21 bits per heavy atom. The number of hydrogen-bond donors (Lipinski definition) is 0. The van der Waals surface area contributed by atoms with Crippen molar-refractivity contribution in [1.29, 1.82) is 0 Å². The van der Waals surface area contributed by atoms with Crippen LogP contribution in [0.2, 0.25) is 0 Å². The maximum absolute atomic E-state index is 11.6. The van der Waals surface area contributed by atoms with Crippen LogP contribution in [-0.2, 0) is 20.9 Å². The highest BCUT2D eigenvalue weighted by molar-refractivity contribution is 5.73. The Bertz CT molecular complexity index is 575. The van der Waals surface area contributed by atoms with Crippen molar-refractivity contribution in [2.75, 3.05) is 51.4 Å². The summed E-state index contributed by atoms with van der Waals surface area (Å²) >= 11 is 0. The first-order chi connectivity index (χ1) is 11.7. The number of methoxy groups -OCH3 is 1. The molecule has 0 spiro atoms. The fraction of sp³-hybridized carbons (Fsp3) is 0.706. The number of ether oxygens (including phenoxy) is 2. The lowest BCUT2D eigenvalue weighted by atomic mass is 10.0. The summed E-state index contributed by atoms with van der Waals surface area (Å²) < 4.78 is 10.7. The minimum atomic E-state index is 0.142. The van der Waals surface area contributed by atoms with Gasteiger partial charge in [-0.2, -0.15) is 0 Å². The van der Waals surface area contributed by atoms with Crippen LogP contribution < -0.4 is 4.90 Å². The van der Waals surface area contributed by atoms with Crippen LogP contribution in [0.4, 0.5) is 5.82 Å². The van der Waals surface area contributed by atoms with E-state index in [1.807, 2.05) is 4.90 Å². The molecule has 1 amide bonds. The third-order valence-corrected chi connectivity index (χ3v) is 4.67. The molecule has 7 heteroatoms. The van der Waals surface area contributed by atoms with E-state index in [9.17, 15) is 4.79 Å². The van der Waals surface area contributed by atoms with Crippen LogP contribution >= 0.6 is 0 Å². The summed E-state index contributed by atoms with van der Waals surface area (Å²) in [5.41, 5.74) is 1.04. The topological polar surface area (TPSA) is 67.8 Å². The van der Waals surface area contributed by atoms with Crippen LogP contribution in [0, 0.1) is 0 Å². The van der Waals surface area contributed by atoms with E-state index in [0.717, 1.165) is 63.7 Å². The third kappa shape index (κ3) is 4.02. The molecule has 1 aromatic heterocycles. The zero-order valence-electron chi connectivity index (χ0n) is 14.5. The van der Waals surface area contributed by atoms with Crippen molar-refractivity contribution in [2.45, 2.75) is 32.3 Å². The van der Waals surface area contributed by atoms with Crippen molar-refractivity contribution in [2.24, 2.45) is 0 Å². The monoisotopic (exact) mass is 334 g/mol. The first-order valence-electron chi connectivity index (χ1n) is 8.62. The SMILES string of the molecule is COCc1nc([C@H]2CCOC2)cc(N2CCCN(C(C)=O)CC2)n1. The van der Waals surface area contributed by atoms with Gasteiger partial charge in [0.15, 0.2) is 5.82 Å². The van der Waals surface area contributed by atoms with E-state index < -0.39 is 0 Å². The number of carbonyl (C=O) groups is 1. The predicted molar refractivity (Wildman–Crippen MR) is 90.0 cm³/mol. The predicted octanol–water partition coefficient (Wildman–Crippen LogP) is 1.19. The minimum absolute atomic E-state index is 0.142. The maximum atomic E-state index is 11.6. The molecule has 0 radical (unpaired) electrons. The third-order valence-electron chi connectivity index (χ3n) is 4.67. The van der Waals surface area contributed by atoms with Crippen molar-refractivity contribution >= 4 is 11.7 Å². The van der Waals surface area contributed by atoms with Gasteiger partial charge < -0.3 is 19.3 Å². The van der Waals surface area contributed by atoms with Crippen LogP contribution in [0.25, 0.3) is 0 Å². The van der Waals surface area contributed by atoms with Crippen molar-refractivity contribution in [1.82, 2.24) is 14.9 Å². The van der Waals surface area contributed by atoms with Crippen molar-refractivity contribution in [3.63, 3.8) is 0 Å². The molecule has 2 aliphatic rings. The van der Waals surface area contributed by atoms with Gasteiger partial charge in [0.05, 0.1) is 12.3 Å². The Morgan fingerprint density at radius 1 is 1.33 bits per heavy atom. The Kier molecular flexibility index (Phi) is 5.63. The van der Waals surface area contributed by atoms with E-state index in [-0.39, 0.29) is 5.91 Å². The quantitative estimate of drug-likeness (QED) is 0.824. The highest BCUT2D eigenvalue weighted by atomic mass is 16.5. The highest BCUT2D eigenvalue weighted by Gasteiger charge is 2.23. The van der Waals surface area contributed by atoms with Gasteiger partial charge in [0.2, 0.25) is 5.91 Å².